The second-order valence-corrected chi connectivity index (χ2v) is 4.45. The molecule has 88 valence electrons. The highest BCUT2D eigenvalue weighted by Gasteiger charge is 2.16. The number of unbranched alkanes of at least 4 members (excludes halogenated alkanes) is 1. The summed E-state index contributed by atoms with van der Waals surface area (Å²) >= 11 is 3.28. The Kier molecular flexibility index (Phi) is 5.25. The first-order valence-corrected chi connectivity index (χ1v) is 6.03. The van der Waals surface area contributed by atoms with Gasteiger partial charge in [-0.25, -0.2) is 9.78 Å². The number of aliphatic carboxylic acids is 1. The van der Waals surface area contributed by atoms with Crippen molar-refractivity contribution in [1.82, 2.24) is 4.98 Å². The molecule has 4 nitrogen and oxygen atoms in total. The largest absolute Gasteiger partial charge is 0.480 e. The molecule has 1 rings (SSSR count). The number of carboxylic acids is 1. The number of nitrogens with one attached hydrogen (secondary N) is 1. The molecule has 0 saturated heterocycles. The highest BCUT2D eigenvalue weighted by Crippen LogP contribution is 2.13. The van der Waals surface area contributed by atoms with Gasteiger partial charge in [-0.3, -0.25) is 0 Å². The molecule has 2 N–H and O–H groups in total. The lowest BCUT2D eigenvalue weighted by Crippen LogP contribution is -2.29. The Balaban J connectivity index is 2.60. The lowest BCUT2D eigenvalue weighted by atomic mass is 10.1. The monoisotopic (exact) mass is 286 g/mol. The molecule has 1 aromatic rings. The molecule has 0 saturated carbocycles. The van der Waals surface area contributed by atoms with Gasteiger partial charge in [-0.2, -0.15) is 0 Å². The maximum atomic E-state index is 11.0. The van der Waals surface area contributed by atoms with Crippen LogP contribution in [0, 0.1) is 0 Å². The number of anilines is 1. The zero-order chi connectivity index (χ0) is 12.0. The summed E-state index contributed by atoms with van der Waals surface area (Å²) in [4.78, 5) is 15.1. The van der Waals surface area contributed by atoms with Crippen LogP contribution in [0.2, 0.25) is 0 Å². The predicted octanol–water partition coefficient (Wildman–Crippen LogP) is 2.90. The molecule has 16 heavy (non-hydrogen) atoms. The molecule has 0 aliphatic carbocycles. The standard InChI is InChI=1S/C11H15BrN2O2/c1-2-3-4-9(11(15)16)14-10-6-5-8(12)7-13-10/h5-7,9H,2-4H2,1H3,(H,13,14)(H,15,16). The number of rotatable bonds is 6. The van der Waals surface area contributed by atoms with E-state index in [0.29, 0.717) is 12.2 Å². The van der Waals surface area contributed by atoms with Crippen molar-refractivity contribution in [3.63, 3.8) is 0 Å². The van der Waals surface area contributed by atoms with Crippen LogP contribution < -0.4 is 5.32 Å². The van der Waals surface area contributed by atoms with Crippen molar-refractivity contribution in [3.05, 3.63) is 22.8 Å². The highest BCUT2D eigenvalue weighted by molar-refractivity contribution is 9.10. The van der Waals surface area contributed by atoms with E-state index in [-0.39, 0.29) is 0 Å². The van der Waals surface area contributed by atoms with Gasteiger partial charge in [-0.15, -0.1) is 0 Å². The number of pyridine rings is 1. The maximum Gasteiger partial charge on any atom is 0.326 e. The molecule has 0 bridgehead atoms. The van der Waals surface area contributed by atoms with Gasteiger partial charge in [0.05, 0.1) is 0 Å². The van der Waals surface area contributed by atoms with Crippen LogP contribution in [0.5, 0.6) is 0 Å². The minimum atomic E-state index is -0.835. The van der Waals surface area contributed by atoms with E-state index in [0.717, 1.165) is 17.3 Å². The van der Waals surface area contributed by atoms with Gasteiger partial charge in [-0.05, 0) is 34.5 Å². The summed E-state index contributed by atoms with van der Waals surface area (Å²) < 4.78 is 0.874. The summed E-state index contributed by atoms with van der Waals surface area (Å²) in [5, 5.41) is 11.9. The summed E-state index contributed by atoms with van der Waals surface area (Å²) in [7, 11) is 0. The lowest BCUT2D eigenvalue weighted by Gasteiger charge is -2.14. The molecule has 1 heterocycles. The molecule has 1 aromatic heterocycles. The third kappa shape index (κ3) is 4.18. The zero-order valence-electron chi connectivity index (χ0n) is 9.11. The van der Waals surface area contributed by atoms with Crippen molar-refractivity contribution in [1.29, 1.82) is 0 Å². The van der Waals surface area contributed by atoms with E-state index in [1.807, 2.05) is 13.0 Å². The van der Waals surface area contributed by atoms with E-state index in [1.54, 1.807) is 12.3 Å². The molecule has 0 radical (unpaired) electrons. The van der Waals surface area contributed by atoms with E-state index in [4.69, 9.17) is 5.11 Å². The van der Waals surface area contributed by atoms with Crippen LogP contribution in [0.1, 0.15) is 26.2 Å². The minimum Gasteiger partial charge on any atom is -0.480 e. The van der Waals surface area contributed by atoms with Crippen molar-refractivity contribution in [3.8, 4) is 0 Å². The lowest BCUT2D eigenvalue weighted by molar-refractivity contribution is -0.138. The molecule has 0 aromatic carbocycles. The van der Waals surface area contributed by atoms with Crippen molar-refractivity contribution < 1.29 is 9.90 Å². The average Bonchev–Trinajstić information content (AvgIpc) is 2.26. The summed E-state index contributed by atoms with van der Waals surface area (Å²) in [5.74, 6) is -0.245. The number of nitrogens with zero attached hydrogens (tertiary/aromatic N) is 1. The van der Waals surface area contributed by atoms with Crippen molar-refractivity contribution in [2.45, 2.75) is 32.2 Å². The predicted molar refractivity (Wildman–Crippen MR) is 66.5 cm³/mol. The Morgan fingerprint density at radius 1 is 1.62 bits per heavy atom. The van der Waals surface area contributed by atoms with Crippen LogP contribution in [-0.4, -0.2) is 22.1 Å². The van der Waals surface area contributed by atoms with E-state index >= 15 is 0 Å². The van der Waals surface area contributed by atoms with Gasteiger partial charge in [0.15, 0.2) is 0 Å². The van der Waals surface area contributed by atoms with Crippen LogP contribution in [0.3, 0.4) is 0 Å². The maximum absolute atomic E-state index is 11.0. The highest BCUT2D eigenvalue weighted by atomic mass is 79.9. The van der Waals surface area contributed by atoms with Gasteiger partial charge in [0.2, 0.25) is 0 Å². The number of carboxylic acid groups (broad SMARTS) is 1. The minimum absolute atomic E-state index is 0.561. The van der Waals surface area contributed by atoms with Crippen LogP contribution in [0.4, 0.5) is 5.82 Å². The zero-order valence-corrected chi connectivity index (χ0v) is 10.7. The second-order valence-electron chi connectivity index (χ2n) is 3.54. The first kappa shape index (κ1) is 13.0. The van der Waals surface area contributed by atoms with Gasteiger partial charge in [0, 0.05) is 10.7 Å². The third-order valence-electron chi connectivity index (χ3n) is 2.19. The van der Waals surface area contributed by atoms with Gasteiger partial charge in [-0.1, -0.05) is 19.8 Å². The van der Waals surface area contributed by atoms with Crippen LogP contribution in [0.25, 0.3) is 0 Å². The molecule has 0 fully saturated rings. The topological polar surface area (TPSA) is 62.2 Å². The van der Waals surface area contributed by atoms with Gasteiger partial charge in [0.25, 0.3) is 0 Å². The molecule has 5 heteroatoms. The van der Waals surface area contributed by atoms with E-state index in [1.165, 1.54) is 0 Å². The second kappa shape index (κ2) is 6.48. The number of carbonyl (C=O) groups is 1. The van der Waals surface area contributed by atoms with Crippen LogP contribution in [-0.2, 0) is 4.79 Å². The van der Waals surface area contributed by atoms with Gasteiger partial charge in [0.1, 0.15) is 11.9 Å². The quantitative estimate of drug-likeness (QED) is 0.844. The van der Waals surface area contributed by atoms with Gasteiger partial charge >= 0.3 is 5.97 Å². The van der Waals surface area contributed by atoms with Crippen molar-refractivity contribution in [2.75, 3.05) is 5.32 Å². The van der Waals surface area contributed by atoms with Crippen molar-refractivity contribution >= 4 is 27.7 Å². The Labute approximate surface area is 103 Å². The Morgan fingerprint density at radius 3 is 2.88 bits per heavy atom. The number of hydrogen-bond donors (Lipinski definition) is 2. The van der Waals surface area contributed by atoms with E-state index in [2.05, 4.69) is 26.2 Å². The fourth-order valence-electron chi connectivity index (χ4n) is 1.31. The molecular formula is C11H15BrN2O2. The van der Waals surface area contributed by atoms with E-state index in [9.17, 15) is 4.79 Å². The molecule has 0 amide bonds. The molecule has 0 aliphatic rings. The first-order valence-electron chi connectivity index (χ1n) is 5.24. The summed E-state index contributed by atoms with van der Waals surface area (Å²) in [6.07, 6.45) is 4.13. The van der Waals surface area contributed by atoms with Gasteiger partial charge < -0.3 is 10.4 Å². The molecule has 0 aliphatic heterocycles. The summed E-state index contributed by atoms with van der Waals surface area (Å²) in [6, 6.07) is 3.02. The molecular weight excluding hydrogens is 272 g/mol. The average molecular weight is 287 g/mol. The van der Waals surface area contributed by atoms with Crippen LogP contribution in [0.15, 0.2) is 22.8 Å². The summed E-state index contributed by atoms with van der Waals surface area (Å²) in [6.45, 7) is 2.04. The van der Waals surface area contributed by atoms with E-state index < -0.39 is 12.0 Å². The smallest absolute Gasteiger partial charge is 0.326 e. The molecule has 1 atom stereocenters. The number of aromatic nitrogens is 1. The Hall–Kier alpha value is -1.10. The molecule has 0 spiro atoms. The Bertz CT molecular complexity index is 340. The third-order valence-corrected chi connectivity index (χ3v) is 2.66. The number of halogens is 1. The number of hydrogen-bond acceptors (Lipinski definition) is 3. The fraction of sp³-hybridized carbons (Fsp3) is 0.455. The van der Waals surface area contributed by atoms with Crippen LogP contribution >= 0.6 is 15.9 Å². The normalized spacial score (nSPS) is 12.1. The molecule has 1 unspecified atom stereocenters. The fourth-order valence-corrected chi connectivity index (χ4v) is 1.54. The van der Waals surface area contributed by atoms with Crippen molar-refractivity contribution in [2.24, 2.45) is 0 Å². The summed E-state index contributed by atoms with van der Waals surface area (Å²) in [5.41, 5.74) is 0. The Morgan fingerprint density at radius 2 is 2.38 bits per heavy atom. The first-order chi connectivity index (χ1) is 7.63. The SMILES string of the molecule is CCCCC(Nc1ccc(Br)cn1)C(=O)O.